The van der Waals surface area contributed by atoms with Gasteiger partial charge in [-0.2, -0.15) is 0 Å². The second-order valence-electron chi connectivity index (χ2n) is 8.12. The highest BCUT2D eigenvalue weighted by Gasteiger charge is 2.15. The number of nitrogens with zero attached hydrogens (tertiary/aromatic N) is 2. The van der Waals surface area contributed by atoms with Gasteiger partial charge in [0.1, 0.15) is 0 Å². The molecule has 0 aliphatic carbocycles. The number of benzene rings is 1. The molecule has 1 heterocycles. The number of nitrogens with one attached hydrogen (secondary N) is 2. The van der Waals surface area contributed by atoms with E-state index in [0.717, 1.165) is 51.4 Å². The largest absolute Gasteiger partial charge is 0.379 e. The van der Waals surface area contributed by atoms with Crippen LogP contribution in [0.3, 0.4) is 0 Å². The van der Waals surface area contributed by atoms with Crippen LogP contribution in [0.4, 0.5) is 4.79 Å². The summed E-state index contributed by atoms with van der Waals surface area (Å²) in [6, 6.07) is 8.56. The first-order chi connectivity index (χ1) is 12.9. The lowest BCUT2D eigenvalue weighted by atomic mass is 10.0. The quantitative estimate of drug-likeness (QED) is 0.694. The average molecular weight is 377 g/mol. The maximum absolute atomic E-state index is 12.3. The van der Waals surface area contributed by atoms with Gasteiger partial charge in [0.05, 0.1) is 13.2 Å². The molecule has 0 aromatic heterocycles. The summed E-state index contributed by atoms with van der Waals surface area (Å²) in [5.74, 6) is 0.550. The zero-order valence-electron chi connectivity index (χ0n) is 17.3. The van der Waals surface area contributed by atoms with Crippen molar-refractivity contribution in [3.8, 4) is 0 Å². The Hall–Kier alpha value is -1.63. The number of urea groups is 1. The van der Waals surface area contributed by atoms with E-state index < -0.39 is 0 Å². The van der Waals surface area contributed by atoms with Crippen molar-refractivity contribution in [2.24, 2.45) is 5.92 Å². The summed E-state index contributed by atoms with van der Waals surface area (Å²) in [6.07, 6.45) is 0.974. The fourth-order valence-electron chi connectivity index (χ4n) is 3.39. The molecule has 2 amide bonds. The Morgan fingerprint density at radius 1 is 1.15 bits per heavy atom. The third-order valence-corrected chi connectivity index (χ3v) is 4.66. The molecule has 0 bridgehead atoms. The Kier molecular flexibility index (Phi) is 9.04. The summed E-state index contributed by atoms with van der Waals surface area (Å²) >= 11 is 0. The third kappa shape index (κ3) is 8.73. The second kappa shape index (κ2) is 11.3. The molecule has 152 valence electrons. The van der Waals surface area contributed by atoms with Gasteiger partial charge in [0.25, 0.3) is 0 Å². The molecule has 1 aromatic carbocycles. The highest BCUT2D eigenvalue weighted by Crippen LogP contribution is 2.09. The molecule has 1 atom stereocenters. The number of likely N-dealkylation sites (N-methyl/N-ethyl adjacent to an activating group) is 1. The molecule has 6 heteroatoms. The summed E-state index contributed by atoms with van der Waals surface area (Å²) in [5, 5.41) is 6.09. The highest BCUT2D eigenvalue weighted by atomic mass is 16.5. The Morgan fingerprint density at radius 2 is 1.78 bits per heavy atom. The zero-order valence-corrected chi connectivity index (χ0v) is 17.3. The van der Waals surface area contributed by atoms with Gasteiger partial charge in [0.2, 0.25) is 0 Å². The van der Waals surface area contributed by atoms with Gasteiger partial charge >= 0.3 is 6.03 Å². The maximum Gasteiger partial charge on any atom is 0.315 e. The minimum atomic E-state index is -0.0973. The minimum Gasteiger partial charge on any atom is -0.379 e. The van der Waals surface area contributed by atoms with E-state index >= 15 is 0 Å². The number of rotatable bonds is 9. The number of amides is 2. The lowest BCUT2D eigenvalue weighted by molar-refractivity contribution is 0.0342. The number of morpholine rings is 1. The monoisotopic (exact) mass is 376 g/mol. The molecule has 1 aliphatic rings. The third-order valence-electron chi connectivity index (χ3n) is 4.66. The fraction of sp³-hybridized carbons (Fsp3) is 0.667. The second-order valence-corrected chi connectivity index (χ2v) is 8.12. The van der Waals surface area contributed by atoms with Gasteiger partial charge in [0, 0.05) is 38.8 Å². The van der Waals surface area contributed by atoms with Gasteiger partial charge in [-0.15, -0.1) is 0 Å². The first kappa shape index (κ1) is 21.7. The van der Waals surface area contributed by atoms with Crippen molar-refractivity contribution in [3.63, 3.8) is 0 Å². The number of hydrogen-bond acceptors (Lipinski definition) is 4. The van der Waals surface area contributed by atoms with Crippen LogP contribution in [0.2, 0.25) is 0 Å². The highest BCUT2D eigenvalue weighted by molar-refractivity contribution is 5.74. The van der Waals surface area contributed by atoms with Crippen molar-refractivity contribution in [1.29, 1.82) is 0 Å². The number of hydrogen-bond donors (Lipinski definition) is 2. The van der Waals surface area contributed by atoms with Gasteiger partial charge in [0.15, 0.2) is 0 Å². The smallest absolute Gasteiger partial charge is 0.315 e. The van der Waals surface area contributed by atoms with E-state index in [-0.39, 0.29) is 12.1 Å². The van der Waals surface area contributed by atoms with Crippen LogP contribution in [0.5, 0.6) is 0 Å². The summed E-state index contributed by atoms with van der Waals surface area (Å²) in [5.41, 5.74) is 2.41. The van der Waals surface area contributed by atoms with Crippen LogP contribution in [0.1, 0.15) is 31.4 Å². The number of carbonyl (C=O) groups excluding carboxylic acids is 1. The Balaban J connectivity index is 1.76. The van der Waals surface area contributed by atoms with E-state index in [2.05, 4.69) is 58.5 Å². The topological polar surface area (TPSA) is 56.8 Å². The van der Waals surface area contributed by atoms with Crippen molar-refractivity contribution in [2.75, 3.05) is 46.9 Å². The fourth-order valence-corrected chi connectivity index (χ4v) is 3.39. The normalized spacial score (nSPS) is 16.5. The van der Waals surface area contributed by atoms with Gasteiger partial charge in [-0.25, -0.2) is 4.79 Å². The molecule has 0 spiro atoms. The SMILES string of the molecule is CC(C)CC(CN(C)C)NC(=O)NCc1ccc(CN2CCOCC2)cc1. The maximum atomic E-state index is 12.3. The van der Waals surface area contributed by atoms with Crippen LogP contribution in [0, 0.1) is 5.92 Å². The van der Waals surface area contributed by atoms with Crippen LogP contribution in [0.15, 0.2) is 24.3 Å². The van der Waals surface area contributed by atoms with Crippen LogP contribution in [-0.4, -0.2) is 68.8 Å². The summed E-state index contributed by atoms with van der Waals surface area (Å²) in [7, 11) is 4.07. The molecule has 1 fully saturated rings. The molecule has 2 rings (SSSR count). The summed E-state index contributed by atoms with van der Waals surface area (Å²) < 4.78 is 5.39. The first-order valence-corrected chi connectivity index (χ1v) is 9.99. The van der Waals surface area contributed by atoms with E-state index in [1.807, 2.05) is 14.1 Å². The summed E-state index contributed by atoms with van der Waals surface area (Å²) in [6.45, 7) is 10.3. The van der Waals surface area contributed by atoms with Gasteiger partial charge in [-0.05, 0) is 37.6 Å². The van der Waals surface area contributed by atoms with Gasteiger partial charge < -0.3 is 20.3 Å². The van der Waals surface area contributed by atoms with Crippen LogP contribution < -0.4 is 10.6 Å². The summed E-state index contributed by atoms with van der Waals surface area (Å²) in [4.78, 5) is 16.8. The van der Waals surface area contributed by atoms with E-state index in [0.29, 0.717) is 12.5 Å². The standard InChI is InChI=1S/C21H36N4O2/c1-17(2)13-20(16-24(3)4)23-21(26)22-14-18-5-7-19(8-6-18)15-25-9-11-27-12-10-25/h5-8,17,20H,9-16H2,1-4H3,(H2,22,23,26). The van der Waals surface area contributed by atoms with E-state index in [4.69, 9.17) is 4.74 Å². The predicted octanol–water partition coefficient (Wildman–Crippen LogP) is 2.29. The van der Waals surface area contributed by atoms with Gasteiger partial charge in [-0.3, -0.25) is 4.90 Å². The van der Waals surface area contributed by atoms with Crippen LogP contribution >= 0.6 is 0 Å². The molecular weight excluding hydrogens is 340 g/mol. The van der Waals surface area contributed by atoms with E-state index in [1.165, 1.54) is 5.56 Å². The molecule has 1 unspecified atom stereocenters. The minimum absolute atomic E-state index is 0.0973. The molecule has 0 saturated carbocycles. The van der Waals surface area contributed by atoms with Crippen LogP contribution in [0.25, 0.3) is 0 Å². The molecular formula is C21H36N4O2. The Morgan fingerprint density at radius 3 is 2.37 bits per heavy atom. The first-order valence-electron chi connectivity index (χ1n) is 9.99. The molecule has 1 aliphatic heterocycles. The van der Waals surface area contributed by atoms with E-state index in [9.17, 15) is 4.79 Å². The number of carbonyl (C=O) groups is 1. The lowest BCUT2D eigenvalue weighted by Gasteiger charge is -2.26. The van der Waals surface area contributed by atoms with Crippen molar-refractivity contribution in [3.05, 3.63) is 35.4 Å². The lowest BCUT2D eigenvalue weighted by Crippen LogP contribution is -2.46. The molecule has 1 saturated heterocycles. The van der Waals surface area contributed by atoms with Crippen molar-refractivity contribution < 1.29 is 9.53 Å². The van der Waals surface area contributed by atoms with Gasteiger partial charge in [-0.1, -0.05) is 38.1 Å². The predicted molar refractivity (Wildman–Crippen MR) is 110 cm³/mol. The molecule has 1 aromatic rings. The van der Waals surface area contributed by atoms with E-state index in [1.54, 1.807) is 0 Å². The van der Waals surface area contributed by atoms with Crippen LogP contribution in [-0.2, 0) is 17.8 Å². The van der Waals surface area contributed by atoms with Crippen molar-refractivity contribution >= 4 is 6.03 Å². The Bertz CT molecular complexity index is 544. The van der Waals surface area contributed by atoms with Crippen molar-refractivity contribution in [2.45, 2.75) is 39.4 Å². The molecule has 2 N–H and O–H groups in total. The molecule has 6 nitrogen and oxygen atoms in total. The van der Waals surface area contributed by atoms with Crippen molar-refractivity contribution in [1.82, 2.24) is 20.4 Å². The average Bonchev–Trinajstić information content (AvgIpc) is 2.61. The molecule has 27 heavy (non-hydrogen) atoms. The Labute approximate surface area is 164 Å². The number of ether oxygens (including phenoxy) is 1. The molecule has 0 radical (unpaired) electrons. The zero-order chi connectivity index (χ0) is 19.6.